The number of hydrogen-bond acceptors (Lipinski definition) is 12. The van der Waals surface area contributed by atoms with Crippen LogP contribution < -0.4 is 0 Å². The first-order valence-corrected chi connectivity index (χ1v) is 9.65. The summed E-state index contributed by atoms with van der Waals surface area (Å²) in [6, 6.07) is 0. The normalized spacial score (nSPS) is 10.2. The van der Waals surface area contributed by atoms with Crippen molar-refractivity contribution in [2.45, 2.75) is 0 Å². The van der Waals surface area contributed by atoms with Crippen LogP contribution in [-0.2, 0) is 23.6 Å². The molecule has 0 radical (unpaired) electrons. The third kappa shape index (κ3) is 63.4. The zero-order chi connectivity index (χ0) is 23.7. The predicted molar refractivity (Wildman–Crippen MR) is 89.6 cm³/mol. The van der Waals surface area contributed by atoms with Crippen LogP contribution in [0, 0.1) is 30.3 Å². The maximum absolute atomic E-state index is 9.92. The molecule has 0 heterocycles. The van der Waals surface area contributed by atoms with Gasteiger partial charge in [-0.2, -0.15) is 0 Å². The summed E-state index contributed by atoms with van der Waals surface area (Å²) in [5.41, 5.74) is 0. The van der Waals surface area contributed by atoms with Gasteiger partial charge in [0.25, 0.3) is 15.3 Å². The molecule has 0 aromatic rings. The van der Waals surface area contributed by atoms with E-state index in [-0.39, 0.29) is 56.8 Å². The molecule has 30 heavy (non-hydrogen) atoms. The molecule has 0 fully saturated rings. The van der Waals surface area contributed by atoms with Crippen molar-refractivity contribution in [3.8, 4) is 0 Å². The Morgan fingerprint density at radius 2 is 0.800 bits per heavy atom. The standard InChI is InChI=1S/C6H12N4O9.Al.2H3O4P/c11-8(12)17-4-1-7(2-5-18-9(13)14)3-6-19-10(15)16;;2*1-5(2,3)4/h1-6H2;;2*(H3,1,2,3,4)/q;+3;;. The minimum atomic E-state index is -4.64. The minimum Gasteiger partial charge on any atom is -0.313 e. The van der Waals surface area contributed by atoms with Gasteiger partial charge in [-0.1, -0.05) is 0 Å². The molecule has 24 heteroatoms. The van der Waals surface area contributed by atoms with E-state index < -0.39 is 30.9 Å². The van der Waals surface area contributed by atoms with Gasteiger partial charge in [-0.25, -0.2) is 9.13 Å². The van der Waals surface area contributed by atoms with Gasteiger partial charge in [-0.05, 0) is 0 Å². The monoisotopic (exact) mass is 507 g/mol. The summed E-state index contributed by atoms with van der Waals surface area (Å²) in [6.45, 7) is -0.687. The molecule has 21 nitrogen and oxygen atoms in total. The Hall–Kier alpha value is -1.69. The molecule has 0 aliphatic heterocycles. The van der Waals surface area contributed by atoms with Gasteiger partial charge in [0.05, 0.1) is 0 Å². The van der Waals surface area contributed by atoms with E-state index in [0.717, 1.165) is 0 Å². The first kappa shape index (κ1) is 35.7. The summed E-state index contributed by atoms with van der Waals surface area (Å²) in [6.07, 6.45) is 0. The molecule has 0 amide bonds. The molecule has 0 aliphatic rings. The summed E-state index contributed by atoms with van der Waals surface area (Å²) in [5, 5.41) is 26.8. The average Bonchev–Trinajstić information content (AvgIpc) is 2.41. The molecule has 0 atom stereocenters. The van der Waals surface area contributed by atoms with Gasteiger partial charge in [0.15, 0.2) is 0 Å². The van der Waals surface area contributed by atoms with Gasteiger partial charge in [-0.15, -0.1) is 30.3 Å². The van der Waals surface area contributed by atoms with Crippen LogP contribution in [0.25, 0.3) is 0 Å². The Bertz CT molecular complexity index is 497. The Kier molecular flexibility index (Phi) is 23.0. The van der Waals surface area contributed by atoms with Gasteiger partial charge >= 0.3 is 33.0 Å². The fourth-order valence-corrected chi connectivity index (χ4v) is 1.07. The third-order valence-corrected chi connectivity index (χ3v) is 1.81. The molecular weight excluding hydrogens is 489 g/mol. The Labute approximate surface area is 176 Å². The number of phosphoric acid groups is 2. The smallest absolute Gasteiger partial charge is 0.313 e. The van der Waals surface area contributed by atoms with Crippen LogP contribution >= 0.6 is 15.6 Å². The van der Waals surface area contributed by atoms with Crippen molar-refractivity contribution in [3.63, 3.8) is 0 Å². The largest absolute Gasteiger partial charge is 3.00 e. The van der Waals surface area contributed by atoms with Crippen molar-refractivity contribution in [2.24, 2.45) is 0 Å². The van der Waals surface area contributed by atoms with E-state index >= 15 is 0 Å². The van der Waals surface area contributed by atoms with Crippen LogP contribution in [0.2, 0.25) is 0 Å². The molecule has 174 valence electrons. The number of rotatable bonds is 12. The van der Waals surface area contributed by atoms with E-state index in [1.807, 2.05) is 0 Å². The summed E-state index contributed by atoms with van der Waals surface area (Å²) in [7, 11) is -9.28. The molecule has 0 aromatic heterocycles. The van der Waals surface area contributed by atoms with Crippen LogP contribution in [0.3, 0.4) is 0 Å². The maximum atomic E-state index is 9.92. The van der Waals surface area contributed by atoms with Crippen LogP contribution in [0.5, 0.6) is 0 Å². The molecule has 0 aromatic carbocycles. The predicted octanol–water partition coefficient (Wildman–Crippen LogP) is -3.32. The van der Waals surface area contributed by atoms with Crippen LogP contribution in [0.4, 0.5) is 0 Å². The fourth-order valence-electron chi connectivity index (χ4n) is 1.07. The SMILES string of the molecule is O=P(O)(O)O.O=P(O)(O)O.O=[N+]([O-])OCCN(CCO[N+](=O)[O-])CCO[N+](=O)[O-].[Al+3]. The quantitative estimate of drug-likeness (QED) is 0.0651. The Morgan fingerprint density at radius 3 is 0.933 bits per heavy atom. The van der Waals surface area contributed by atoms with E-state index in [1.54, 1.807) is 0 Å². The van der Waals surface area contributed by atoms with Crippen LogP contribution in [0.15, 0.2) is 0 Å². The molecule has 0 bridgehead atoms. The zero-order valence-corrected chi connectivity index (χ0v) is 17.6. The molecule has 0 saturated heterocycles. The summed E-state index contributed by atoms with van der Waals surface area (Å²) in [5.74, 6) is 0. The molecule has 0 aliphatic carbocycles. The third-order valence-electron chi connectivity index (χ3n) is 1.81. The van der Waals surface area contributed by atoms with Gasteiger partial charge in [0.1, 0.15) is 19.8 Å². The van der Waals surface area contributed by atoms with Crippen molar-refractivity contribution in [2.75, 3.05) is 39.5 Å². The van der Waals surface area contributed by atoms with E-state index in [1.165, 1.54) is 4.90 Å². The van der Waals surface area contributed by atoms with Crippen molar-refractivity contribution < 1.29 is 68.3 Å². The molecule has 0 saturated carbocycles. The van der Waals surface area contributed by atoms with Crippen molar-refractivity contribution in [1.29, 1.82) is 0 Å². The van der Waals surface area contributed by atoms with Gasteiger partial charge < -0.3 is 43.9 Å². The first-order chi connectivity index (χ1) is 12.9. The molecule has 0 rings (SSSR count). The second-order valence-corrected chi connectivity index (χ2v) is 6.09. The zero-order valence-electron chi connectivity index (χ0n) is 14.7. The number of nitrogens with zero attached hydrogens (tertiary/aromatic N) is 4. The maximum Gasteiger partial charge on any atom is 3.00 e. The summed E-state index contributed by atoms with van der Waals surface area (Å²) in [4.78, 5) is 86.5. The number of hydrogen-bond donors (Lipinski definition) is 6. The topological polar surface area (TPSA) is 316 Å². The van der Waals surface area contributed by atoms with Crippen molar-refractivity contribution in [1.82, 2.24) is 4.90 Å². The van der Waals surface area contributed by atoms with Gasteiger partial charge in [0.2, 0.25) is 0 Å². The second kappa shape index (κ2) is 19.3. The van der Waals surface area contributed by atoms with E-state index in [4.69, 9.17) is 38.5 Å². The fraction of sp³-hybridized carbons (Fsp3) is 1.00. The van der Waals surface area contributed by atoms with E-state index in [0.29, 0.717) is 0 Å². The van der Waals surface area contributed by atoms with Crippen molar-refractivity contribution >= 4 is 33.0 Å². The van der Waals surface area contributed by atoms with Crippen LogP contribution in [0.1, 0.15) is 0 Å². The van der Waals surface area contributed by atoms with Gasteiger partial charge in [0, 0.05) is 19.6 Å². The summed E-state index contributed by atoms with van der Waals surface area (Å²) < 4.78 is 17.8. The van der Waals surface area contributed by atoms with Crippen molar-refractivity contribution in [3.05, 3.63) is 30.3 Å². The molecular formula is C6H18AlN4O17P2+3. The van der Waals surface area contributed by atoms with E-state index in [9.17, 15) is 30.3 Å². The van der Waals surface area contributed by atoms with Crippen LogP contribution in [-0.4, -0.2) is 106 Å². The average molecular weight is 507 g/mol. The second-order valence-electron chi connectivity index (χ2n) is 4.04. The van der Waals surface area contributed by atoms with Gasteiger partial charge in [-0.3, -0.25) is 4.90 Å². The molecule has 0 unspecified atom stereocenters. The summed E-state index contributed by atoms with van der Waals surface area (Å²) >= 11 is 0. The first-order valence-electron chi connectivity index (χ1n) is 6.52. The molecule has 6 N–H and O–H groups in total. The Balaban J connectivity index is -0.000000254. The molecule has 0 spiro atoms. The minimum absolute atomic E-state index is 0. The Morgan fingerprint density at radius 1 is 0.633 bits per heavy atom. The van der Waals surface area contributed by atoms with E-state index in [2.05, 4.69) is 14.5 Å².